The zero-order valence-electron chi connectivity index (χ0n) is 12.8. The van der Waals surface area contributed by atoms with E-state index in [1.165, 1.54) is 12.3 Å². The van der Waals surface area contributed by atoms with Gasteiger partial charge in [0.1, 0.15) is 5.69 Å². The molecule has 124 valence electrons. The number of aromatic nitrogens is 1. The van der Waals surface area contributed by atoms with Crippen LogP contribution in [-0.2, 0) is 4.74 Å². The van der Waals surface area contributed by atoms with Crippen LogP contribution in [0, 0.1) is 10.1 Å². The highest BCUT2D eigenvalue weighted by Crippen LogP contribution is 2.31. The van der Waals surface area contributed by atoms with E-state index in [0.717, 1.165) is 0 Å². The molecule has 3 rings (SSSR count). The van der Waals surface area contributed by atoms with Crippen molar-refractivity contribution in [3.8, 4) is 0 Å². The van der Waals surface area contributed by atoms with E-state index in [9.17, 15) is 14.9 Å². The molecule has 1 aliphatic rings. The third-order valence-electron chi connectivity index (χ3n) is 3.71. The number of morpholine rings is 1. The minimum Gasteiger partial charge on any atom is -0.378 e. The van der Waals surface area contributed by atoms with Crippen molar-refractivity contribution >= 4 is 23.0 Å². The molecule has 8 heteroatoms. The molecule has 0 radical (unpaired) electrons. The number of anilines is 2. The molecule has 1 fully saturated rings. The maximum Gasteiger partial charge on any atom is 0.294 e. The summed E-state index contributed by atoms with van der Waals surface area (Å²) in [5, 5.41) is 14.1. The lowest BCUT2D eigenvalue weighted by atomic mass is 10.2. The van der Waals surface area contributed by atoms with Crippen molar-refractivity contribution in [2.45, 2.75) is 0 Å². The van der Waals surface area contributed by atoms with Crippen molar-refractivity contribution in [2.24, 2.45) is 0 Å². The Hall–Kier alpha value is -3.00. The largest absolute Gasteiger partial charge is 0.378 e. The fourth-order valence-corrected chi connectivity index (χ4v) is 2.52. The second kappa shape index (κ2) is 7.05. The number of nitrogens with zero attached hydrogens (tertiary/aromatic N) is 3. The molecule has 1 aromatic carbocycles. The second-order valence-corrected chi connectivity index (χ2v) is 5.26. The molecule has 0 unspecified atom stereocenters. The van der Waals surface area contributed by atoms with Gasteiger partial charge in [0.25, 0.3) is 11.6 Å². The van der Waals surface area contributed by atoms with Gasteiger partial charge in [-0.1, -0.05) is 0 Å². The third kappa shape index (κ3) is 3.49. The summed E-state index contributed by atoms with van der Waals surface area (Å²) >= 11 is 0. The molecule has 0 bridgehead atoms. The Morgan fingerprint density at radius 3 is 2.75 bits per heavy atom. The number of ether oxygens (including phenoxy) is 1. The molecule has 0 saturated carbocycles. The Bertz CT molecular complexity index is 745. The van der Waals surface area contributed by atoms with Gasteiger partial charge in [-0.3, -0.25) is 19.9 Å². The van der Waals surface area contributed by atoms with Crippen LogP contribution in [-0.4, -0.2) is 42.1 Å². The highest BCUT2D eigenvalue weighted by Gasteiger charge is 2.22. The van der Waals surface area contributed by atoms with Crippen molar-refractivity contribution in [3.63, 3.8) is 0 Å². The number of hydrogen-bond acceptors (Lipinski definition) is 6. The van der Waals surface area contributed by atoms with Gasteiger partial charge < -0.3 is 15.0 Å². The van der Waals surface area contributed by atoms with Gasteiger partial charge in [0.05, 0.1) is 23.7 Å². The first-order chi connectivity index (χ1) is 11.6. The quantitative estimate of drug-likeness (QED) is 0.681. The molecule has 24 heavy (non-hydrogen) atoms. The molecule has 0 spiro atoms. The highest BCUT2D eigenvalue weighted by atomic mass is 16.6. The van der Waals surface area contributed by atoms with Gasteiger partial charge in [0.2, 0.25) is 0 Å². The van der Waals surface area contributed by atoms with Crippen LogP contribution in [0.5, 0.6) is 0 Å². The maximum atomic E-state index is 12.1. The zero-order valence-corrected chi connectivity index (χ0v) is 12.8. The summed E-state index contributed by atoms with van der Waals surface area (Å²) in [6.07, 6.45) is 3.00. The molecule has 1 amide bonds. The molecule has 1 aliphatic heterocycles. The zero-order chi connectivity index (χ0) is 16.9. The minimum atomic E-state index is -0.440. The number of rotatable bonds is 4. The lowest BCUT2D eigenvalue weighted by molar-refractivity contribution is -0.384. The topological polar surface area (TPSA) is 97.6 Å². The van der Waals surface area contributed by atoms with Crippen LogP contribution in [0.2, 0.25) is 0 Å². The number of carbonyl (C=O) groups is 1. The predicted molar refractivity (Wildman–Crippen MR) is 88.3 cm³/mol. The number of nitro benzene ring substituents is 1. The van der Waals surface area contributed by atoms with E-state index in [1.54, 1.807) is 30.5 Å². The van der Waals surface area contributed by atoms with E-state index in [2.05, 4.69) is 10.3 Å². The second-order valence-electron chi connectivity index (χ2n) is 5.26. The number of hydrogen-bond donors (Lipinski definition) is 1. The summed E-state index contributed by atoms with van der Waals surface area (Å²) in [5.41, 5.74) is 1.24. The summed E-state index contributed by atoms with van der Waals surface area (Å²) in [4.78, 5) is 28.9. The molecule has 2 aromatic rings. The van der Waals surface area contributed by atoms with Crippen LogP contribution >= 0.6 is 0 Å². The number of amides is 1. The normalized spacial score (nSPS) is 14.2. The summed E-state index contributed by atoms with van der Waals surface area (Å²) in [7, 11) is 0. The number of pyridine rings is 1. The van der Waals surface area contributed by atoms with Crippen LogP contribution in [0.3, 0.4) is 0 Å². The summed E-state index contributed by atoms with van der Waals surface area (Å²) < 4.78 is 5.27. The SMILES string of the molecule is O=C(Nc1ccc(N2CCOCC2)c([N+](=O)[O-])c1)c1cccnc1. The molecule has 8 nitrogen and oxygen atoms in total. The minimum absolute atomic E-state index is 0.0408. The molecule has 1 saturated heterocycles. The van der Waals surface area contributed by atoms with Crippen LogP contribution in [0.1, 0.15) is 10.4 Å². The standard InChI is InChI=1S/C16H16N4O4/c21-16(12-2-1-5-17-11-12)18-13-3-4-14(15(10-13)20(22)23)19-6-8-24-9-7-19/h1-5,10-11H,6-9H2,(H,18,21). The Balaban J connectivity index is 1.83. The van der Waals surface area contributed by atoms with Crippen LogP contribution in [0.15, 0.2) is 42.7 Å². The van der Waals surface area contributed by atoms with Crippen LogP contribution in [0.25, 0.3) is 0 Å². The monoisotopic (exact) mass is 328 g/mol. The lowest BCUT2D eigenvalue weighted by Crippen LogP contribution is -2.36. The first kappa shape index (κ1) is 15.9. The molecular weight excluding hydrogens is 312 g/mol. The average molecular weight is 328 g/mol. The van der Waals surface area contributed by atoms with Gasteiger partial charge in [-0.25, -0.2) is 0 Å². The van der Waals surface area contributed by atoms with Crippen LogP contribution < -0.4 is 10.2 Å². The molecule has 1 N–H and O–H groups in total. The van der Waals surface area contributed by atoms with E-state index >= 15 is 0 Å². The van der Waals surface area contributed by atoms with Gasteiger partial charge in [-0.2, -0.15) is 0 Å². The van der Waals surface area contributed by atoms with E-state index < -0.39 is 4.92 Å². The van der Waals surface area contributed by atoms with E-state index in [0.29, 0.717) is 43.2 Å². The van der Waals surface area contributed by atoms with Gasteiger partial charge in [-0.15, -0.1) is 0 Å². The van der Waals surface area contributed by atoms with Gasteiger partial charge >= 0.3 is 0 Å². The van der Waals surface area contributed by atoms with Gasteiger partial charge in [0, 0.05) is 37.2 Å². The number of carbonyl (C=O) groups excluding carboxylic acids is 1. The van der Waals surface area contributed by atoms with E-state index in [4.69, 9.17) is 4.74 Å². The Kier molecular flexibility index (Phi) is 4.66. The molecular formula is C16H16N4O4. The van der Waals surface area contributed by atoms with E-state index in [-0.39, 0.29) is 11.6 Å². The van der Waals surface area contributed by atoms with Gasteiger partial charge in [0.15, 0.2) is 0 Å². The van der Waals surface area contributed by atoms with Crippen molar-refractivity contribution < 1.29 is 14.5 Å². The Morgan fingerprint density at radius 1 is 1.29 bits per heavy atom. The lowest BCUT2D eigenvalue weighted by Gasteiger charge is -2.28. The fraction of sp³-hybridized carbons (Fsp3) is 0.250. The summed E-state index contributed by atoms with van der Waals surface area (Å²) in [6.45, 7) is 2.28. The predicted octanol–water partition coefficient (Wildman–Crippen LogP) is 2.08. The number of nitrogens with one attached hydrogen (secondary N) is 1. The van der Waals surface area contributed by atoms with Crippen molar-refractivity contribution in [3.05, 3.63) is 58.4 Å². The van der Waals surface area contributed by atoms with Gasteiger partial charge in [-0.05, 0) is 24.3 Å². The Morgan fingerprint density at radius 2 is 2.08 bits per heavy atom. The van der Waals surface area contributed by atoms with Crippen molar-refractivity contribution in [1.82, 2.24) is 4.98 Å². The molecule has 1 aromatic heterocycles. The summed E-state index contributed by atoms with van der Waals surface area (Å²) in [5.74, 6) is -0.364. The fourth-order valence-electron chi connectivity index (χ4n) is 2.52. The van der Waals surface area contributed by atoms with Crippen LogP contribution in [0.4, 0.5) is 17.1 Å². The highest BCUT2D eigenvalue weighted by molar-refractivity contribution is 6.04. The van der Waals surface area contributed by atoms with Crippen molar-refractivity contribution in [2.75, 3.05) is 36.5 Å². The first-order valence-corrected chi connectivity index (χ1v) is 7.47. The molecule has 0 atom stereocenters. The average Bonchev–Trinajstić information content (AvgIpc) is 2.63. The molecule has 2 heterocycles. The number of nitro groups is 1. The maximum absolute atomic E-state index is 12.1. The smallest absolute Gasteiger partial charge is 0.294 e. The molecule has 0 aliphatic carbocycles. The van der Waals surface area contributed by atoms with Crippen molar-refractivity contribution in [1.29, 1.82) is 0 Å². The number of benzene rings is 1. The third-order valence-corrected chi connectivity index (χ3v) is 3.71. The first-order valence-electron chi connectivity index (χ1n) is 7.47. The Labute approximate surface area is 138 Å². The summed E-state index contributed by atoms with van der Waals surface area (Å²) in [6, 6.07) is 7.96. The van der Waals surface area contributed by atoms with E-state index in [1.807, 2.05) is 4.90 Å².